The van der Waals surface area contributed by atoms with E-state index >= 15 is 0 Å². The largest absolute Gasteiger partial charge is 0.508 e. The van der Waals surface area contributed by atoms with Gasteiger partial charge < -0.3 is 19.3 Å². The third kappa shape index (κ3) is 6.44. The van der Waals surface area contributed by atoms with Crippen molar-refractivity contribution in [2.24, 2.45) is 11.3 Å². The van der Waals surface area contributed by atoms with Gasteiger partial charge in [-0.1, -0.05) is 30.3 Å². The first-order chi connectivity index (χ1) is 17.0. The predicted octanol–water partition coefficient (Wildman–Crippen LogP) is 4.71. The van der Waals surface area contributed by atoms with Crippen LogP contribution in [0.3, 0.4) is 0 Å². The van der Waals surface area contributed by atoms with E-state index in [-0.39, 0.29) is 17.6 Å². The van der Waals surface area contributed by atoms with Crippen molar-refractivity contribution in [3.8, 4) is 11.5 Å². The van der Waals surface area contributed by atoms with E-state index in [0.29, 0.717) is 13.2 Å². The van der Waals surface area contributed by atoms with E-state index in [1.54, 1.807) is 12.1 Å². The molecule has 2 atom stereocenters. The Morgan fingerprint density at radius 3 is 2.51 bits per heavy atom. The monoisotopic (exact) mass is 479 g/mol. The quantitative estimate of drug-likeness (QED) is 0.526. The molecule has 2 aliphatic rings. The summed E-state index contributed by atoms with van der Waals surface area (Å²) in [5.41, 5.74) is 2.88. The summed E-state index contributed by atoms with van der Waals surface area (Å²) in [4.78, 5) is 15.4. The molecule has 0 saturated carbocycles. The Labute approximate surface area is 208 Å². The summed E-state index contributed by atoms with van der Waals surface area (Å²) in [6.07, 6.45) is 4.50. The summed E-state index contributed by atoms with van der Waals surface area (Å²) in [6.45, 7) is 9.33. The SMILES string of the molecule is CCOC(=O)C1(C)CCC(c2ccc(O)cc2)=CC1Cc1ccc(OCCN2CCOCC2)cc1. The highest BCUT2D eigenvalue weighted by Gasteiger charge is 2.43. The molecule has 2 unspecified atom stereocenters. The predicted molar refractivity (Wildman–Crippen MR) is 136 cm³/mol. The van der Waals surface area contributed by atoms with Crippen molar-refractivity contribution in [3.63, 3.8) is 0 Å². The van der Waals surface area contributed by atoms with Crippen LogP contribution in [0.2, 0.25) is 0 Å². The molecule has 2 aromatic rings. The Bertz CT molecular complexity index is 995. The number of hydrogen-bond acceptors (Lipinski definition) is 6. The molecule has 1 saturated heterocycles. The minimum Gasteiger partial charge on any atom is -0.508 e. The van der Waals surface area contributed by atoms with E-state index in [2.05, 4.69) is 23.1 Å². The minimum absolute atomic E-state index is 0.00666. The van der Waals surface area contributed by atoms with Gasteiger partial charge in [-0.3, -0.25) is 9.69 Å². The van der Waals surface area contributed by atoms with Gasteiger partial charge in [-0.25, -0.2) is 0 Å². The van der Waals surface area contributed by atoms with Crippen LogP contribution >= 0.6 is 0 Å². The first-order valence-corrected chi connectivity index (χ1v) is 12.7. The topological polar surface area (TPSA) is 68.2 Å². The fraction of sp³-hybridized carbons (Fsp3) is 0.483. The van der Waals surface area contributed by atoms with Crippen molar-refractivity contribution >= 4 is 11.5 Å². The second-order valence-corrected chi connectivity index (χ2v) is 9.63. The van der Waals surface area contributed by atoms with Gasteiger partial charge in [0.2, 0.25) is 0 Å². The first-order valence-electron chi connectivity index (χ1n) is 12.7. The zero-order chi connectivity index (χ0) is 24.7. The molecule has 1 N–H and O–H groups in total. The number of benzene rings is 2. The smallest absolute Gasteiger partial charge is 0.312 e. The van der Waals surface area contributed by atoms with Gasteiger partial charge in [-0.05, 0) is 80.0 Å². The number of allylic oxidation sites excluding steroid dienone is 2. The summed E-state index contributed by atoms with van der Waals surface area (Å²) in [7, 11) is 0. The Kier molecular flexibility index (Phi) is 8.47. The summed E-state index contributed by atoms with van der Waals surface area (Å²) in [5, 5.41) is 9.66. The lowest BCUT2D eigenvalue weighted by Crippen LogP contribution is -2.39. The standard InChI is InChI=1S/C29H37NO5/c1-3-34-28(32)29(2)13-12-24(23-6-8-26(31)9-7-23)21-25(29)20-22-4-10-27(11-5-22)35-19-16-30-14-17-33-18-15-30/h4-11,21,25,31H,3,12-20H2,1-2H3. The van der Waals surface area contributed by atoms with E-state index < -0.39 is 5.41 Å². The van der Waals surface area contributed by atoms with Gasteiger partial charge in [0.05, 0.1) is 25.2 Å². The summed E-state index contributed by atoms with van der Waals surface area (Å²) in [5.74, 6) is 0.991. The van der Waals surface area contributed by atoms with Gasteiger partial charge in [0.1, 0.15) is 18.1 Å². The molecule has 0 bridgehead atoms. The van der Waals surface area contributed by atoms with Crippen LogP contribution in [0.5, 0.6) is 11.5 Å². The number of rotatable bonds is 9. The molecule has 1 heterocycles. The molecule has 0 amide bonds. The molecule has 1 aliphatic carbocycles. The molecule has 2 aromatic carbocycles. The lowest BCUT2D eigenvalue weighted by molar-refractivity contribution is -0.157. The van der Waals surface area contributed by atoms with Crippen molar-refractivity contribution in [2.45, 2.75) is 33.1 Å². The number of aromatic hydroxyl groups is 1. The molecular formula is C29H37NO5. The fourth-order valence-corrected chi connectivity index (χ4v) is 4.93. The Morgan fingerprint density at radius 1 is 1.11 bits per heavy atom. The van der Waals surface area contributed by atoms with Gasteiger partial charge >= 0.3 is 5.97 Å². The maximum atomic E-state index is 13.0. The van der Waals surface area contributed by atoms with Gasteiger partial charge in [0.15, 0.2) is 0 Å². The highest BCUT2D eigenvalue weighted by molar-refractivity contribution is 5.80. The van der Waals surface area contributed by atoms with Crippen molar-refractivity contribution in [3.05, 3.63) is 65.7 Å². The van der Waals surface area contributed by atoms with E-state index in [4.69, 9.17) is 14.2 Å². The molecule has 0 spiro atoms. The van der Waals surface area contributed by atoms with Gasteiger partial charge in [0.25, 0.3) is 0 Å². The van der Waals surface area contributed by atoms with Crippen LogP contribution in [0.1, 0.15) is 37.8 Å². The number of hydrogen-bond donors (Lipinski definition) is 1. The zero-order valence-electron chi connectivity index (χ0n) is 20.9. The van der Waals surface area contributed by atoms with Gasteiger partial charge in [-0.2, -0.15) is 0 Å². The number of phenols is 1. The molecule has 0 aromatic heterocycles. The highest BCUT2D eigenvalue weighted by atomic mass is 16.5. The second-order valence-electron chi connectivity index (χ2n) is 9.63. The third-order valence-corrected chi connectivity index (χ3v) is 7.27. The number of morpholine rings is 1. The number of carbonyl (C=O) groups is 1. The fourth-order valence-electron chi connectivity index (χ4n) is 4.93. The molecule has 4 rings (SSSR count). The lowest BCUT2D eigenvalue weighted by Gasteiger charge is -2.38. The van der Waals surface area contributed by atoms with E-state index in [9.17, 15) is 9.90 Å². The minimum atomic E-state index is -0.580. The number of phenolic OH excluding ortho intramolecular Hbond substituents is 1. The maximum Gasteiger partial charge on any atom is 0.312 e. The van der Waals surface area contributed by atoms with Crippen molar-refractivity contribution < 1.29 is 24.1 Å². The number of esters is 1. The van der Waals surface area contributed by atoms with Crippen molar-refractivity contribution in [2.75, 3.05) is 46.1 Å². The number of nitrogens with zero attached hydrogens (tertiary/aromatic N) is 1. The normalized spacial score (nSPS) is 22.9. The van der Waals surface area contributed by atoms with Crippen LogP contribution in [0.4, 0.5) is 0 Å². The molecule has 188 valence electrons. The molecule has 35 heavy (non-hydrogen) atoms. The van der Waals surface area contributed by atoms with Crippen LogP contribution in [-0.4, -0.2) is 62.0 Å². The van der Waals surface area contributed by atoms with Crippen molar-refractivity contribution in [1.82, 2.24) is 4.90 Å². The average Bonchev–Trinajstić information content (AvgIpc) is 2.88. The number of carbonyl (C=O) groups excluding carboxylic acids is 1. The Hall–Kier alpha value is -2.83. The van der Waals surface area contributed by atoms with Crippen LogP contribution in [0.15, 0.2) is 54.6 Å². The summed E-state index contributed by atoms with van der Waals surface area (Å²) >= 11 is 0. The molecule has 1 aliphatic heterocycles. The van der Waals surface area contributed by atoms with Crippen LogP contribution in [0.25, 0.3) is 5.57 Å². The van der Waals surface area contributed by atoms with E-state index in [1.165, 1.54) is 5.57 Å². The third-order valence-electron chi connectivity index (χ3n) is 7.27. The zero-order valence-corrected chi connectivity index (χ0v) is 20.9. The van der Waals surface area contributed by atoms with E-state index in [0.717, 1.165) is 69.0 Å². The van der Waals surface area contributed by atoms with Crippen LogP contribution in [0, 0.1) is 11.3 Å². The van der Waals surface area contributed by atoms with Crippen LogP contribution in [-0.2, 0) is 20.7 Å². The molecule has 0 radical (unpaired) electrons. The second kappa shape index (κ2) is 11.7. The average molecular weight is 480 g/mol. The van der Waals surface area contributed by atoms with Crippen LogP contribution < -0.4 is 4.74 Å². The first kappa shape index (κ1) is 25.3. The van der Waals surface area contributed by atoms with Gasteiger partial charge in [-0.15, -0.1) is 0 Å². The summed E-state index contributed by atoms with van der Waals surface area (Å²) < 4.78 is 16.8. The lowest BCUT2D eigenvalue weighted by atomic mass is 9.66. The number of ether oxygens (including phenoxy) is 3. The molecule has 6 heteroatoms. The maximum absolute atomic E-state index is 13.0. The van der Waals surface area contributed by atoms with E-state index in [1.807, 2.05) is 38.1 Å². The van der Waals surface area contributed by atoms with Gasteiger partial charge in [0, 0.05) is 19.6 Å². The molecular weight excluding hydrogens is 442 g/mol. The van der Waals surface area contributed by atoms with Crippen molar-refractivity contribution in [1.29, 1.82) is 0 Å². The highest BCUT2D eigenvalue weighted by Crippen LogP contribution is 2.45. The molecule has 1 fully saturated rings. The Morgan fingerprint density at radius 2 is 1.83 bits per heavy atom. The summed E-state index contributed by atoms with van der Waals surface area (Å²) in [6, 6.07) is 15.5. The molecule has 6 nitrogen and oxygen atoms in total. The Balaban J connectivity index is 1.45.